The minimum absolute atomic E-state index is 0.0361. The zero-order chi connectivity index (χ0) is 60.9. The van der Waals surface area contributed by atoms with Crippen LogP contribution in [0.15, 0.2) is 100 Å². The highest BCUT2D eigenvalue weighted by Crippen LogP contribution is 2.43. The minimum atomic E-state index is -4.96. The highest BCUT2D eigenvalue weighted by molar-refractivity contribution is 7.86. The van der Waals surface area contributed by atoms with Crippen LogP contribution < -0.4 is 33.7 Å². The molecule has 0 saturated heterocycles. The maximum Gasteiger partial charge on any atom is 0.295 e. The summed E-state index contributed by atoms with van der Waals surface area (Å²) in [5.74, 6) is 0.341. The molecule has 82 heavy (non-hydrogen) atoms. The van der Waals surface area contributed by atoms with Crippen LogP contribution in [-0.4, -0.2) is 120 Å². The van der Waals surface area contributed by atoms with E-state index < -0.39 is 64.3 Å². The van der Waals surface area contributed by atoms with Crippen LogP contribution in [-0.2, 0) is 60.8 Å². The molecule has 0 saturated carbocycles. The quantitative estimate of drug-likeness (QED) is 0.0269. The Kier molecular flexibility index (Phi) is 19.5. The number of aromatic hydroxyl groups is 2. The van der Waals surface area contributed by atoms with Gasteiger partial charge in [-0.25, -0.2) is 30.0 Å². The number of phenols is 2. The van der Waals surface area contributed by atoms with Gasteiger partial charge >= 0.3 is 0 Å². The normalized spacial score (nSPS) is 14.7. The number of nitrogens with zero attached hydrogens (tertiary/aromatic N) is 6. The third-order valence-electron chi connectivity index (χ3n) is 12.6. The Bertz CT molecular complexity index is 3710. The Morgan fingerprint density at radius 2 is 0.683 bits per heavy atom. The first-order valence-electron chi connectivity index (χ1n) is 25.8. The molecule has 0 unspecified atom stereocenters. The summed E-state index contributed by atoms with van der Waals surface area (Å²) in [5, 5.41) is 22.7. The lowest BCUT2D eigenvalue weighted by molar-refractivity contribution is -0.0943. The lowest BCUT2D eigenvalue weighted by atomic mass is 9.79. The molecule has 6 rings (SSSR count). The topological polar surface area (TPSA) is 355 Å². The fourth-order valence-corrected chi connectivity index (χ4v) is 9.73. The SMILES string of the molecule is COC(CN=c1[nH]c(=Nc2cc(C(C)(C)C)c(O)c(C(C)(C)C)c2)[nH]c(=Nc2ccc(/C=C/c3ccc(N=c4[nH]c(=NCC(OC)OC)[nH]c(=Nc5cc(C(C)(C)C)c(O)c(C(C)(C)C)c5)[nH]4)cc3S(=O)(=O)O)c(S(=O)(=O)O)c2)[nH]1)OC. The molecule has 0 spiro atoms. The van der Waals surface area contributed by atoms with E-state index in [2.05, 4.69) is 49.9 Å². The second-order valence-electron chi connectivity index (χ2n) is 23.3. The molecule has 24 nitrogen and oxygen atoms in total. The Hall–Kier alpha value is -7.30. The van der Waals surface area contributed by atoms with Gasteiger partial charge in [0.1, 0.15) is 21.3 Å². The van der Waals surface area contributed by atoms with Crippen LogP contribution >= 0.6 is 0 Å². The molecule has 6 aromatic rings. The highest BCUT2D eigenvalue weighted by Gasteiger charge is 2.28. The van der Waals surface area contributed by atoms with Gasteiger partial charge < -0.3 is 29.2 Å². The van der Waals surface area contributed by atoms with Gasteiger partial charge in [0, 0.05) is 50.7 Å². The van der Waals surface area contributed by atoms with Gasteiger partial charge in [0.2, 0.25) is 33.7 Å². The van der Waals surface area contributed by atoms with Crippen molar-refractivity contribution in [1.29, 1.82) is 0 Å². The van der Waals surface area contributed by atoms with Crippen LogP contribution in [0.4, 0.5) is 22.7 Å². The van der Waals surface area contributed by atoms with E-state index in [0.717, 1.165) is 12.1 Å². The number of phenolic OH excluding ortho intramolecular Hbond substituents is 2. The number of H-pyrrole nitrogens is 6. The lowest BCUT2D eigenvalue weighted by Gasteiger charge is -2.27. The van der Waals surface area contributed by atoms with Crippen molar-refractivity contribution >= 4 is 55.1 Å². The fourth-order valence-electron chi connectivity index (χ4n) is 8.32. The number of hydrogen-bond donors (Lipinski definition) is 10. The van der Waals surface area contributed by atoms with E-state index in [-0.39, 0.29) is 80.8 Å². The predicted octanol–water partition coefficient (Wildman–Crippen LogP) is 6.89. The molecular weight excluding hydrogens is 1100 g/mol. The summed E-state index contributed by atoms with van der Waals surface area (Å²) in [6.45, 7) is 23.9. The van der Waals surface area contributed by atoms with Crippen LogP contribution in [0.3, 0.4) is 0 Å². The van der Waals surface area contributed by atoms with Crippen molar-refractivity contribution < 1.29 is 55.1 Å². The minimum Gasteiger partial charge on any atom is -0.507 e. The Labute approximate surface area is 476 Å². The van der Waals surface area contributed by atoms with Crippen molar-refractivity contribution in [3.05, 3.63) is 128 Å². The summed E-state index contributed by atoms with van der Waals surface area (Å²) < 4.78 is 94.4. The molecule has 0 aliphatic heterocycles. The van der Waals surface area contributed by atoms with E-state index in [1.807, 2.05) is 83.1 Å². The number of hydrogen-bond acceptors (Lipinski definition) is 16. The molecule has 2 heterocycles. The average Bonchev–Trinajstić information content (AvgIpc) is 3.55. The number of aromatic nitrogens is 6. The van der Waals surface area contributed by atoms with Gasteiger partial charge in [0.25, 0.3) is 20.2 Å². The van der Waals surface area contributed by atoms with E-state index in [4.69, 9.17) is 28.9 Å². The van der Waals surface area contributed by atoms with Gasteiger partial charge in [-0.2, -0.15) is 16.8 Å². The van der Waals surface area contributed by atoms with Gasteiger partial charge in [0.05, 0.1) is 35.8 Å². The molecule has 10 N–H and O–H groups in total. The van der Waals surface area contributed by atoms with Gasteiger partial charge in [-0.3, -0.25) is 39.0 Å². The molecule has 0 aliphatic carbocycles. The molecule has 0 radical (unpaired) electrons. The maximum absolute atomic E-state index is 13.0. The van der Waals surface area contributed by atoms with Gasteiger partial charge in [-0.15, -0.1) is 0 Å². The lowest BCUT2D eigenvalue weighted by Crippen LogP contribution is -2.37. The second-order valence-corrected chi connectivity index (χ2v) is 26.1. The average molecular weight is 1170 g/mol. The monoisotopic (exact) mass is 1170 g/mol. The number of aromatic amines is 6. The highest BCUT2D eigenvalue weighted by atomic mass is 32.2. The van der Waals surface area contributed by atoms with Gasteiger partial charge in [-0.05, 0) is 81.3 Å². The summed E-state index contributed by atoms with van der Waals surface area (Å²) in [4.78, 5) is 45.0. The molecule has 0 aliphatic rings. The van der Waals surface area contributed by atoms with Crippen molar-refractivity contribution in [2.45, 2.75) is 127 Å². The van der Waals surface area contributed by atoms with Crippen LogP contribution in [0.5, 0.6) is 11.5 Å². The van der Waals surface area contributed by atoms with Gasteiger partial charge in [0.15, 0.2) is 12.6 Å². The van der Waals surface area contributed by atoms with Crippen molar-refractivity contribution in [2.75, 3.05) is 41.5 Å². The largest absolute Gasteiger partial charge is 0.507 e. The van der Waals surface area contributed by atoms with Crippen LogP contribution in [0.1, 0.15) is 116 Å². The van der Waals surface area contributed by atoms with Crippen LogP contribution in [0.2, 0.25) is 0 Å². The Morgan fingerprint density at radius 3 is 0.927 bits per heavy atom. The van der Waals surface area contributed by atoms with E-state index >= 15 is 0 Å². The number of methoxy groups -OCH3 is 4. The second kappa shape index (κ2) is 25.0. The summed E-state index contributed by atoms with van der Waals surface area (Å²) in [6, 6.07) is 14.9. The molecule has 2 aromatic heterocycles. The standard InChI is InChI=1S/C56H76N12O12S2/c1-53(2,3)37-23-35(24-38(45(37)69)54(4,5)6)61-51-65-47(57-29-43(77-13)78-14)63-49(67-51)59-33-21-19-31(41(27-33)81(71,72)73)17-18-32-20-22-34(28-42(32)82(74,75)76)60-50-64-48(58-30-44(79-15)80-16)66-52(68-50)62-36-25-39(55(7,8)9)46(70)40(26-36)56(10,11)12/h17-28,43-44,69-70H,29-30H2,1-16H3,(H,71,72,73)(H,74,75,76)(H3,57,59,61,63,65,67)(H3,58,60,62,64,66,68)/b18-17+. The fraction of sp³-hybridized carbons (Fsp3) is 0.429. The number of benzene rings is 4. The molecule has 0 fully saturated rings. The van der Waals surface area contributed by atoms with Crippen molar-refractivity contribution in [2.24, 2.45) is 30.0 Å². The van der Waals surface area contributed by atoms with E-state index in [9.17, 15) is 36.2 Å². The van der Waals surface area contributed by atoms with E-state index in [1.165, 1.54) is 64.9 Å². The summed E-state index contributed by atoms with van der Waals surface area (Å²) >= 11 is 0. The van der Waals surface area contributed by atoms with Crippen molar-refractivity contribution in [3.63, 3.8) is 0 Å². The number of rotatable bonds is 16. The van der Waals surface area contributed by atoms with Gasteiger partial charge in [-0.1, -0.05) is 107 Å². The predicted molar refractivity (Wildman–Crippen MR) is 309 cm³/mol. The maximum atomic E-state index is 13.0. The first-order valence-corrected chi connectivity index (χ1v) is 28.7. The molecule has 4 aromatic carbocycles. The van der Waals surface area contributed by atoms with Crippen molar-refractivity contribution in [1.82, 2.24) is 29.9 Å². The van der Waals surface area contributed by atoms with E-state index in [1.54, 1.807) is 24.3 Å². The third-order valence-corrected chi connectivity index (χ3v) is 14.5. The molecule has 0 amide bonds. The molecule has 0 atom stereocenters. The Balaban J connectivity index is 1.47. The van der Waals surface area contributed by atoms with Crippen molar-refractivity contribution in [3.8, 4) is 11.5 Å². The summed E-state index contributed by atoms with van der Waals surface area (Å²) in [6.07, 6.45) is 1.09. The first kappa shape index (κ1) is 63.9. The van der Waals surface area contributed by atoms with Crippen LogP contribution in [0, 0.1) is 0 Å². The van der Waals surface area contributed by atoms with E-state index in [0.29, 0.717) is 33.6 Å². The molecule has 444 valence electrons. The summed E-state index contributed by atoms with van der Waals surface area (Å²) in [5.41, 5.74) is 2.52. The molecule has 0 bridgehead atoms. The number of nitrogens with one attached hydrogen (secondary N) is 6. The number of ether oxygens (including phenoxy) is 4. The first-order chi connectivity index (χ1) is 38.0. The summed E-state index contributed by atoms with van der Waals surface area (Å²) in [7, 11) is -4.07. The smallest absolute Gasteiger partial charge is 0.295 e. The zero-order valence-corrected chi connectivity index (χ0v) is 50.7. The molecule has 26 heteroatoms. The Morgan fingerprint density at radius 1 is 0.427 bits per heavy atom. The third kappa shape index (κ3) is 16.7. The molecular formula is C56H76N12O12S2. The zero-order valence-electron chi connectivity index (χ0n) is 49.1. The van der Waals surface area contributed by atoms with Crippen LogP contribution in [0.25, 0.3) is 12.2 Å².